The Balaban J connectivity index is 2.27. The smallest absolute Gasteiger partial charge is 0.240 e. The van der Waals surface area contributed by atoms with Crippen LogP contribution in [0, 0.1) is 18.3 Å². The van der Waals surface area contributed by atoms with E-state index in [4.69, 9.17) is 15.5 Å². The fraction of sp³-hybridized carbons (Fsp3) is 0.167. The van der Waals surface area contributed by atoms with Crippen molar-refractivity contribution in [1.82, 2.24) is 5.16 Å². The van der Waals surface area contributed by atoms with Crippen molar-refractivity contribution in [3.05, 3.63) is 46.6 Å². The zero-order valence-electron chi connectivity index (χ0n) is 8.90. The number of nitrogens with zero attached hydrogens (tertiary/aromatic N) is 2. The van der Waals surface area contributed by atoms with Crippen LogP contribution in [-0.4, -0.2) is 5.16 Å². The third-order valence-electron chi connectivity index (χ3n) is 2.39. The largest absolute Gasteiger partial charge is 0.366 e. The van der Waals surface area contributed by atoms with Gasteiger partial charge in [0.25, 0.3) is 0 Å². The van der Waals surface area contributed by atoms with Gasteiger partial charge in [-0.25, -0.2) is 0 Å². The molecule has 1 heterocycles. The van der Waals surface area contributed by atoms with Gasteiger partial charge < -0.3 is 10.3 Å². The maximum Gasteiger partial charge on any atom is 0.240 e. The Morgan fingerprint density at radius 3 is 2.69 bits per heavy atom. The summed E-state index contributed by atoms with van der Waals surface area (Å²) in [5.74, 6) is 0.0876. The van der Waals surface area contributed by atoms with Crippen molar-refractivity contribution in [3.8, 4) is 6.07 Å². The van der Waals surface area contributed by atoms with E-state index in [1.54, 1.807) is 0 Å². The minimum Gasteiger partial charge on any atom is -0.366 e. The van der Waals surface area contributed by atoms with Crippen LogP contribution in [0.25, 0.3) is 0 Å². The van der Waals surface area contributed by atoms with Crippen LogP contribution in [-0.2, 0) is 6.42 Å². The van der Waals surface area contributed by atoms with E-state index in [1.165, 1.54) is 5.56 Å². The van der Waals surface area contributed by atoms with Gasteiger partial charge in [-0.1, -0.05) is 35.0 Å². The summed E-state index contributed by atoms with van der Waals surface area (Å²) >= 11 is 0. The number of aryl methyl sites for hydroxylation is 1. The Bertz CT molecular complexity index is 534. The predicted octanol–water partition coefficient (Wildman–Crippen LogP) is 2.03. The topological polar surface area (TPSA) is 75.8 Å². The van der Waals surface area contributed by atoms with Crippen molar-refractivity contribution in [3.63, 3.8) is 0 Å². The van der Waals surface area contributed by atoms with E-state index in [2.05, 4.69) is 5.16 Å². The molecule has 0 aliphatic carbocycles. The van der Waals surface area contributed by atoms with Gasteiger partial charge >= 0.3 is 0 Å². The second-order valence-corrected chi connectivity index (χ2v) is 3.64. The van der Waals surface area contributed by atoms with E-state index in [0.717, 1.165) is 5.56 Å². The van der Waals surface area contributed by atoms with E-state index >= 15 is 0 Å². The SMILES string of the molecule is Cc1ccc(Cc2noc(N)c2C#N)cc1. The molecular formula is C12H11N3O. The van der Waals surface area contributed by atoms with Gasteiger partial charge in [0, 0.05) is 6.42 Å². The number of nitriles is 1. The Hall–Kier alpha value is -2.28. The number of anilines is 1. The summed E-state index contributed by atoms with van der Waals surface area (Å²) in [5, 5.41) is 12.7. The van der Waals surface area contributed by atoms with E-state index in [1.807, 2.05) is 37.3 Å². The van der Waals surface area contributed by atoms with Crippen LogP contribution in [0.5, 0.6) is 0 Å². The molecule has 0 unspecified atom stereocenters. The second-order valence-electron chi connectivity index (χ2n) is 3.64. The number of rotatable bonds is 2. The summed E-state index contributed by atoms with van der Waals surface area (Å²) in [7, 11) is 0. The lowest BCUT2D eigenvalue weighted by molar-refractivity contribution is 0.429. The summed E-state index contributed by atoms with van der Waals surface area (Å²) in [6.07, 6.45) is 0.559. The standard InChI is InChI=1S/C12H11N3O/c1-8-2-4-9(5-3-8)6-11-10(7-13)12(14)16-15-11/h2-5H,6,14H2,1H3. The lowest BCUT2D eigenvalue weighted by atomic mass is 10.1. The summed E-state index contributed by atoms with van der Waals surface area (Å²) in [6, 6.07) is 10.0. The second kappa shape index (κ2) is 4.07. The van der Waals surface area contributed by atoms with Gasteiger partial charge in [-0.3, -0.25) is 0 Å². The zero-order valence-corrected chi connectivity index (χ0v) is 8.90. The van der Waals surface area contributed by atoms with E-state index in [0.29, 0.717) is 17.7 Å². The molecule has 0 bridgehead atoms. The molecule has 16 heavy (non-hydrogen) atoms. The highest BCUT2D eigenvalue weighted by atomic mass is 16.5. The minimum absolute atomic E-state index is 0.0876. The van der Waals surface area contributed by atoms with E-state index in [9.17, 15) is 0 Å². The van der Waals surface area contributed by atoms with Gasteiger partial charge in [0.05, 0.1) is 0 Å². The summed E-state index contributed by atoms with van der Waals surface area (Å²) < 4.78 is 4.79. The first kappa shape index (κ1) is 10.2. The molecule has 0 radical (unpaired) electrons. The third kappa shape index (κ3) is 1.89. The van der Waals surface area contributed by atoms with Crippen LogP contribution in [0.2, 0.25) is 0 Å². The fourth-order valence-corrected chi connectivity index (χ4v) is 1.48. The van der Waals surface area contributed by atoms with Crippen LogP contribution in [0.4, 0.5) is 5.88 Å². The van der Waals surface area contributed by atoms with Crippen LogP contribution in [0.1, 0.15) is 22.4 Å². The Kier molecular flexibility index (Phi) is 2.61. The summed E-state index contributed by atoms with van der Waals surface area (Å²) in [5.41, 5.74) is 8.68. The Morgan fingerprint density at radius 1 is 1.38 bits per heavy atom. The minimum atomic E-state index is 0.0876. The maximum absolute atomic E-state index is 8.88. The quantitative estimate of drug-likeness (QED) is 0.828. The highest BCUT2D eigenvalue weighted by Crippen LogP contribution is 2.18. The van der Waals surface area contributed by atoms with E-state index in [-0.39, 0.29) is 5.88 Å². The van der Waals surface area contributed by atoms with Crippen molar-refractivity contribution in [2.45, 2.75) is 13.3 Å². The lowest BCUT2D eigenvalue weighted by Gasteiger charge is -1.98. The van der Waals surface area contributed by atoms with Gasteiger partial charge in [-0.2, -0.15) is 5.26 Å². The monoisotopic (exact) mass is 213 g/mol. The molecule has 80 valence electrons. The van der Waals surface area contributed by atoms with Gasteiger partial charge in [0.1, 0.15) is 17.3 Å². The average Bonchev–Trinajstić information content (AvgIpc) is 2.63. The highest BCUT2D eigenvalue weighted by molar-refractivity contribution is 5.49. The zero-order chi connectivity index (χ0) is 11.5. The summed E-state index contributed by atoms with van der Waals surface area (Å²) in [4.78, 5) is 0. The van der Waals surface area contributed by atoms with Crippen LogP contribution in [0.15, 0.2) is 28.8 Å². The van der Waals surface area contributed by atoms with Crippen LogP contribution < -0.4 is 5.73 Å². The Labute approximate surface area is 93.3 Å². The number of benzene rings is 1. The van der Waals surface area contributed by atoms with Gasteiger partial charge in [-0.15, -0.1) is 0 Å². The van der Waals surface area contributed by atoms with Crippen molar-refractivity contribution in [1.29, 1.82) is 5.26 Å². The molecule has 0 fully saturated rings. The molecule has 4 nitrogen and oxygen atoms in total. The highest BCUT2D eigenvalue weighted by Gasteiger charge is 2.13. The maximum atomic E-state index is 8.88. The molecule has 0 aliphatic rings. The molecular weight excluding hydrogens is 202 g/mol. The van der Waals surface area contributed by atoms with Crippen molar-refractivity contribution in [2.24, 2.45) is 0 Å². The average molecular weight is 213 g/mol. The van der Waals surface area contributed by atoms with Crippen molar-refractivity contribution < 1.29 is 4.52 Å². The number of hydrogen-bond donors (Lipinski definition) is 1. The molecule has 2 aromatic rings. The Morgan fingerprint density at radius 2 is 2.06 bits per heavy atom. The molecule has 0 amide bonds. The number of aromatic nitrogens is 1. The number of nitrogens with two attached hydrogens (primary N) is 1. The first-order valence-corrected chi connectivity index (χ1v) is 4.90. The van der Waals surface area contributed by atoms with Gasteiger partial charge in [0.2, 0.25) is 5.88 Å². The van der Waals surface area contributed by atoms with E-state index < -0.39 is 0 Å². The molecule has 0 spiro atoms. The van der Waals surface area contributed by atoms with Crippen molar-refractivity contribution >= 4 is 5.88 Å². The molecule has 1 aromatic heterocycles. The van der Waals surface area contributed by atoms with Gasteiger partial charge in [0.15, 0.2) is 0 Å². The molecule has 2 rings (SSSR count). The van der Waals surface area contributed by atoms with Crippen molar-refractivity contribution in [2.75, 3.05) is 5.73 Å². The molecule has 0 saturated heterocycles. The lowest BCUT2D eigenvalue weighted by Crippen LogP contribution is -1.93. The molecule has 0 atom stereocenters. The molecule has 0 saturated carbocycles. The third-order valence-corrected chi connectivity index (χ3v) is 2.39. The normalized spacial score (nSPS) is 10.0. The van der Waals surface area contributed by atoms with Crippen LogP contribution >= 0.6 is 0 Å². The molecule has 4 heteroatoms. The molecule has 2 N–H and O–H groups in total. The molecule has 0 aliphatic heterocycles. The van der Waals surface area contributed by atoms with Gasteiger partial charge in [-0.05, 0) is 12.5 Å². The summed E-state index contributed by atoms with van der Waals surface area (Å²) in [6.45, 7) is 2.03. The fourth-order valence-electron chi connectivity index (χ4n) is 1.48. The molecule has 1 aromatic carbocycles. The number of hydrogen-bond acceptors (Lipinski definition) is 4. The predicted molar refractivity (Wildman–Crippen MR) is 59.6 cm³/mol. The first-order valence-electron chi connectivity index (χ1n) is 4.90. The first-order chi connectivity index (χ1) is 7.70. The number of nitrogen functional groups attached to an aromatic ring is 1. The van der Waals surface area contributed by atoms with Crippen LogP contribution in [0.3, 0.4) is 0 Å².